The van der Waals surface area contributed by atoms with Gasteiger partial charge in [0.25, 0.3) is 5.91 Å². The molecule has 292 valence electrons. The third-order valence-corrected chi connectivity index (χ3v) is 11.4. The number of piperazine rings is 1. The van der Waals surface area contributed by atoms with E-state index in [0.29, 0.717) is 42.5 Å². The van der Waals surface area contributed by atoms with Crippen molar-refractivity contribution >= 4 is 23.5 Å². The Morgan fingerprint density at radius 2 is 1.41 bits per heavy atom. The normalized spacial score (nSPS) is 22.9. The SMILES string of the molecule is CC(=O)OCC(c1ccccc1Cl)N1CCCC(N2CCN(C3CCN(C(=O)c4cc(C(F)(F)F)cc(C(F)(F)F)c4)C(Cc4ccccc4)C3)CC2)C1. The lowest BCUT2D eigenvalue weighted by Gasteiger charge is -2.49. The Labute approximate surface area is 316 Å². The van der Waals surface area contributed by atoms with Gasteiger partial charge >= 0.3 is 18.3 Å². The number of rotatable bonds is 9. The maximum absolute atomic E-state index is 13.9. The molecule has 0 saturated carbocycles. The fraction of sp³-hybridized carbons (Fsp3) is 0.500. The lowest BCUT2D eigenvalue weighted by atomic mass is 9.90. The van der Waals surface area contributed by atoms with E-state index in [1.807, 2.05) is 54.6 Å². The Bertz CT molecular complexity index is 1720. The number of amides is 1. The van der Waals surface area contributed by atoms with Crippen molar-refractivity contribution in [3.63, 3.8) is 0 Å². The molecule has 3 aromatic carbocycles. The topological polar surface area (TPSA) is 56.3 Å². The molecule has 0 aliphatic carbocycles. The van der Waals surface area contributed by atoms with Crippen molar-refractivity contribution < 1.29 is 40.7 Å². The molecule has 0 radical (unpaired) electrons. The summed E-state index contributed by atoms with van der Waals surface area (Å²) in [5.74, 6) is -1.18. The molecule has 0 bridgehead atoms. The molecule has 6 rings (SSSR count). The fourth-order valence-electron chi connectivity index (χ4n) is 8.32. The van der Waals surface area contributed by atoms with E-state index in [9.17, 15) is 35.9 Å². The van der Waals surface area contributed by atoms with Gasteiger partial charge in [-0.15, -0.1) is 0 Å². The maximum Gasteiger partial charge on any atom is 0.416 e. The molecule has 0 spiro atoms. The number of ether oxygens (including phenoxy) is 1. The summed E-state index contributed by atoms with van der Waals surface area (Å²) in [7, 11) is 0. The number of carbonyl (C=O) groups excluding carboxylic acids is 2. The predicted molar refractivity (Wildman–Crippen MR) is 193 cm³/mol. The smallest absolute Gasteiger partial charge is 0.416 e. The van der Waals surface area contributed by atoms with Crippen molar-refractivity contribution in [2.75, 3.05) is 52.4 Å². The zero-order valence-electron chi connectivity index (χ0n) is 30.1. The van der Waals surface area contributed by atoms with E-state index in [4.69, 9.17) is 16.3 Å². The van der Waals surface area contributed by atoms with Crippen molar-refractivity contribution in [3.8, 4) is 0 Å². The van der Waals surface area contributed by atoms with Gasteiger partial charge in [0.1, 0.15) is 6.61 Å². The molecule has 14 heteroatoms. The average molecular weight is 779 g/mol. The first kappa shape index (κ1) is 40.0. The minimum Gasteiger partial charge on any atom is -0.464 e. The summed E-state index contributed by atoms with van der Waals surface area (Å²) in [5, 5.41) is 0.629. The lowest BCUT2D eigenvalue weighted by Crippen LogP contribution is -2.59. The lowest BCUT2D eigenvalue weighted by molar-refractivity contribution is -0.144. The number of alkyl halides is 6. The molecule has 1 amide bonds. The second-order valence-corrected chi connectivity index (χ2v) is 14.9. The van der Waals surface area contributed by atoms with E-state index in [0.717, 1.165) is 63.2 Å². The van der Waals surface area contributed by atoms with Crippen LogP contribution in [0.5, 0.6) is 0 Å². The van der Waals surface area contributed by atoms with Crippen LogP contribution < -0.4 is 0 Å². The zero-order valence-corrected chi connectivity index (χ0v) is 30.8. The Kier molecular flexibility index (Phi) is 12.6. The minimum absolute atomic E-state index is 0.0508. The van der Waals surface area contributed by atoms with Crippen LogP contribution in [0.1, 0.15) is 71.3 Å². The molecule has 0 aromatic heterocycles. The Morgan fingerprint density at radius 3 is 2.02 bits per heavy atom. The highest BCUT2D eigenvalue weighted by Crippen LogP contribution is 2.38. The van der Waals surface area contributed by atoms with Crippen LogP contribution in [-0.4, -0.2) is 102 Å². The van der Waals surface area contributed by atoms with Crippen LogP contribution in [0.4, 0.5) is 26.3 Å². The number of carbonyl (C=O) groups is 2. The van der Waals surface area contributed by atoms with Crippen molar-refractivity contribution in [3.05, 3.63) is 106 Å². The summed E-state index contributed by atoms with van der Waals surface area (Å²) < 4.78 is 87.6. The van der Waals surface area contributed by atoms with Gasteiger partial charge < -0.3 is 9.64 Å². The van der Waals surface area contributed by atoms with E-state index in [1.165, 1.54) is 11.8 Å². The van der Waals surface area contributed by atoms with Gasteiger partial charge in [0.05, 0.1) is 17.2 Å². The number of benzene rings is 3. The highest BCUT2D eigenvalue weighted by molar-refractivity contribution is 6.31. The number of hydrogen-bond donors (Lipinski definition) is 0. The second kappa shape index (κ2) is 17.0. The number of halogens is 7. The van der Waals surface area contributed by atoms with E-state index in [2.05, 4.69) is 14.7 Å². The summed E-state index contributed by atoms with van der Waals surface area (Å²) in [6.45, 7) is 6.70. The van der Waals surface area contributed by atoms with E-state index in [-0.39, 0.29) is 37.3 Å². The minimum atomic E-state index is -5.05. The van der Waals surface area contributed by atoms with Crippen LogP contribution in [0.3, 0.4) is 0 Å². The molecule has 4 atom stereocenters. The summed E-state index contributed by atoms with van der Waals surface area (Å²) >= 11 is 6.60. The fourth-order valence-corrected chi connectivity index (χ4v) is 8.58. The summed E-state index contributed by atoms with van der Waals surface area (Å²) in [6.07, 6.45) is -6.57. The van der Waals surface area contributed by atoms with Crippen molar-refractivity contribution in [2.45, 2.75) is 75.5 Å². The van der Waals surface area contributed by atoms with Crippen molar-refractivity contribution in [2.24, 2.45) is 0 Å². The molecule has 3 aliphatic rings. The molecule has 3 heterocycles. The van der Waals surface area contributed by atoms with Gasteiger partial charge in [0.15, 0.2) is 0 Å². The van der Waals surface area contributed by atoms with Crippen LogP contribution in [0.15, 0.2) is 72.8 Å². The molecule has 0 N–H and O–H groups in total. The number of esters is 1. The second-order valence-electron chi connectivity index (χ2n) is 14.5. The van der Waals surface area contributed by atoms with Crippen LogP contribution >= 0.6 is 11.6 Å². The Balaban J connectivity index is 1.14. The van der Waals surface area contributed by atoms with E-state index < -0.39 is 41.0 Å². The van der Waals surface area contributed by atoms with E-state index in [1.54, 1.807) is 0 Å². The number of piperidine rings is 2. The molecular weight excluding hydrogens is 734 g/mol. The average Bonchev–Trinajstić information content (AvgIpc) is 3.15. The molecule has 7 nitrogen and oxygen atoms in total. The highest BCUT2D eigenvalue weighted by Gasteiger charge is 2.41. The van der Waals surface area contributed by atoms with E-state index >= 15 is 0 Å². The van der Waals surface area contributed by atoms with Crippen LogP contribution in [0, 0.1) is 0 Å². The zero-order chi connectivity index (χ0) is 38.6. The molecule has 4 unspecified atom stereocenters. The standard InChI is InChI=1S/C40H45ClF6N4O3/c1-27(52)54-26-37(35-11-5-6-12-36(35)41)50-14-7-10-33(25-50)49-18-16-48(17-19-49)32-13-15-51(34(24-32)20-28-8-3-2-4-9-28)38(53)29-21-30(39(42,43)44)23-31(22-29)40(45,46)47/h2-6,8-9,11-12,21-23,32-34,37H,7,10,13-20,24-26H2,1H3. The molecule has 3 saturated heterocycles. The van der Waals surface area contributed by atoms with Crippen molar-refractivity contribution in [1.82, 2.24) is 19.6 Å². The van der Waals surface area contributed by atoms with Crippen LogP contribution in [-0.2, 0) is 28.3 Å². The summed E-state index contributed by atoms with van der Waals surface area (Å²) in [6, 6.07) is 17.9. The number of likely N-dealkylation sites (tertiary alicyclic amines) is 2. The van der Waals surface area contributed by atoms with Gasteiger partial charge in [-0.2, -0.15) is 26.3 Å². The first-order valence-electron chi connectivity index (χ1n) is 18.4. The van der Waals surface area contributed by atoms with Crippen LogP contribution in [0.2, 0.25) is 5.02 Å². The molecule has 3 fully saturated rings. The summed E-state index contributed by atoms with van der Waals surface area (Å²) in [5.41, 5.74) is -1.77. The molecule has 3 aromatic rings. The molecular formula is C40H45ClF6N4O3. The third kappa shape index (κ3) is 9.77. The number of nitrogens with zero attached hydrogens (tertiary/aromatic N) is 4. The van der Waals surface area contributed by atoms with Gasteiger partial charge in [-0.05, 0) is 74.0 Å². The Hall–Kier alpha value is -3.65. The first-order valence-corrected chi connectivity index (χ1v) is 18.8. The summed E-state index contributed by atoms with van der Waals surface area (Å²) in [4.78, 5) is 34.4. The quantitative estimate of drug-likeness (QED) is 0.162. The molecule has 3 aliphatic heterocycles. The van der Waals surface area contributed by atoms with Gasteiger partial charge in [-0.1, -0.05) is 60.1 Å². The number of hydrogen-bond acceptors (Lipinski definition) is 6. The van der Waals surface area contributed by atoms with Crippen LogP contribution in [0.25, 0.3) is 0 Å². The van der Waals surface area contributed by atoms with Gasteiger partial charge in [-0.3, -0.25) is 24.3 Å². The highest BCUT2D eigenvalue weighted by atomic mass is 35.5. The Morgan fingerprint density at radius 1 is 0.796 bits per heavy atom. The maximum atomic E-state index is 13.9. The monoisotopic (exact) mass is 778 g/mol. The predicted octanol–water partition coefficient (Wildman–Crippen LogP) is 7.98. The van der Waals surface area contributed by atoms with Gasteiger partial charge in [-0.25, -0.2) is 0 Å². The first-order chi connectivity index (χ1) is 25.7. The van der Waals surface area contributed by atoms with Gasteiger partial charge in [0, 0.05) is 74.9 Å². The van der Waals surface area contributed by atoms with Crippen molar-refractivity contribution in [1.29, 1.82) is 0 Å². The molecule has 54 heavy (non-hydrogen) atoms. The third-order valence-electron chi connectivity index (χ3n) is 11.1. The largest absolute Gasteiger partial charge is 0.464 e. The van der Waals surface area contributed by atoms with Gasteiger partial charge in [0.2, 0.25) is 0 Å².